The maximum atomic E-state index is 12.3. The van der Waals surface area contributed by atoms with Gasteiger partial charge < -0.3 is 50.0 Å². The molecule has 7 N–H and O–H groups in total. The predicted molar refractivity (Wildman–Crippen MR) is 121 cm³/mol. The lowest BCUT2D eigenvalue weighted by molar-refractivity contribution is -0.293. The quantitative estimate of drug-likeness (QED) is 0.153. The second-order valence-corrected chi connectivity index (χ2v) is 7.71. The molecular formula is C24H24O12. The molecule has 2 aromatic rings. The molecule has 0 spiro atoms. The standard InChI is InChI=1S/C24H24O12/c25-11-18-21(32)23(35-19(30)7-3-12-1-5-14(26)16(28)9-12)22(33)24(34-18)36-20(31)8-4-13-2-6-15(27)17(29)10-13/h1-10,18,21-29,32-33H,11H2/b7-3-,8-4+/t18-,21-,22-,23+,24+/m1/s1. The van der Waals surface area contributed by atoms with Gasteiger partial charge in [-0.1, -0.05) is 12.1 Å². The van der Waals surface area contributed by atoms with Crippen LogP contribution < -0.4 is 0 Å². The van der Waals surface area contributed by atoms with Crippen LogP contribution in [0, 0.1) is 0 Å². The first-order chi connectivity index (χ1) is 17.1. The summed E-state index contributed by atoms with van der Waals surface area (Å²) in [6.45, 7) is -0.749. The van der Waals surface area contributed by atoms with Crippen LogP contribution in [-0.4, -0.2) is 85.0 Å². The number of carbonyl (C=O) groups is 2. The van der Waals surface area contributed by atoms with Gasteiger partial charge in [0.05, 0.1) is 6.61 Å². The average Bonchev–Trinajstić information content (AvgIpc) is 2.85. The van der Waals surface area contributed by atoms with Gasteiger partial charge in [-0.05, 0) is 47.5 Å². The van der Waals surface area contributed by atoms with Crippen molar-refractivity contribution in [3.63, 3.8) is 0 Å². The number of ether oxygens (including phenoxy) is 3. The Morgan fingerprint density at radius 2 is 1.28 bits per heavy atom. The summed E-state index contributed by atoms with van der Waals surface area (Å²) in [5.74, 6) is -3.53. The third-order valence-corrected chi connectivity index (χ3v) is 5.13. The van der Waals surface area contributed by atoms with Gasteiger partial charge in [0.25, 0.3) is 0 Å². The van der Waals surface area contributed by atoms with E-state index in [9.17, 15) is 45.3 Å². The van der Waals surface area contributed by atoms with Crippen LogP contribution in [0.3, 0.4) is 0 Å². The van der Waals surface area contributed by atoms with E-state index in [0.29, 0.717) is 11.1 Å². The summed E-state index contributed by atoms with van der Waals surface area (Å²) < 4.78 is 15.4. The molecule has 36 heavy (non-hydrogen) atoms. The zero-order valence-electron chi connectivity index (χ0n) is 18.5. The highest BCUT2D eigenvalue weighted by atomic mass is 16.7. The lowest BCUT2D eigenvalue weighted by Crippen LogP contribution is -2.60. The lowest BCUT2D eigenvalue weighted by Gasteiger charge is -2.40. The van der Waals surface area contributed by atoms with E-state index in [4.69, 9.17) is 14.2 Å². The van der Waals surface area contributed by atoms with Crippen LogP contribution in [0.25, 0.3) is 12.2 Å². The molecular weight excluding hydrogens is 480 g/mol. The van der Waals surface area contributed by atoms with Crippen LogP contribution in [0.1, 0.15) is 11.1 Å². The van der Waals surface area contributed by atoms with E-state index >= 15 is 0 Å². The summed E-state index contributed by atoms with van der Waals surface area (Å²) in [5.41, 5.74) is 0.681. The molecule has 3 rings (SSSR count). The Bertz CT molecular complexity index is 1160. The Morgan fingerprint density at radius 3 is 1.75 bits per heavy atom. The number of aliphatic hydroxyl groups excluding tert-OH is 3. The summed E-state index contributed by atoms with van der Waals surface area (Å²) in [4.78, 5) is 24.5. The molecule has 5 atom stereocenters. The van der Waals surface area contributed by atoms with E-state index in [1.165, 1.54) is 48.6 Å². The van der Waals surface area contributed by atoms with E-state index in [1.54, 1.807) is 0 Å². The number of benzene rings is 2. The zero-order valence-corrected chi connectivity index (χ0v) is 18.5. The summed E-state index contributed by atoms with van der Waals surface area (Å²) in [5, 5.41) is 68.0. The highest BCUT2D eigenvalue weighted by Crippen LogP contribution is 2.28. The smallest absolute Gasteiger partial charge is 0.333 e. The van der Waals surface area contributed by atoms with Crippen LogP contribution in [-0.2, 0) is 23.8 Å². The maximum absolute atomic E-state index is 12.3. The summed E-state index contributed by atoms with van der Waals surface area (Å²) in [6, 6.07) is 7.59. The van der Waals surface area contributed by atoms with Crippen LogP contribution in [0.2, 0.25) is 0 Å². The molecule has 0 aromatic heterocycles. The van der Waals surface area contributed by atoms with Crippen molar-refractivity contribution in [1.82, 2.24) is 0 Å². The van der Waals surface area contributed by atoms with Crippen molar-refractivity contribution in [1.29, 1.82) is 0 Å². The first-order valence-corrected chi connectivity index (χ1v) is 10.5. The van der Waals surface area contributed by atoms with Crippen molar-refractivity contribution in [2.45, 2.75) is 30.7 Å². The minimum atomic E-state index is -1.83. The van der Waals surface area contributed by atoms with Crippen LogP contribution in [0.5, 0.6) is 23.0 Å². The molecule has 1 saturated heterocycles. The monoisotopic (exact) mass is 504 g/mol. The van der Waals surface area contributed by atoms with Crippen molar-refractivity contribution in [3.05, 3.63) is 59.7 Å². The van der Waals surface area contributed by atoms with Gasteiger partial charge in [-0.15, -0.1) is 0 Å². The third kappa shape index (κ3) is 6.52. The number of hydrogen-bond acceptors (Lipinski definition) is 12. The molecule has 1 aliphatic heterocycles. The molecule has 0 aliphatic carbocycles. The number of hydrogen-bond donors (Lipinski definition) is 7. The molecule has 1 heterocycles. The first kappa shape index (κ1) is 26.5. The highest BCUT2D eigenvalue weighted by molar-refractivity contribution is 5.88. The van der Waals surface area contributed by atoms with E-state index in [2.05, 4.69) is 0 Å². The zero-order chi connectivity index (χ0) is 26.4. The Balaban J connectivity index is 1.66. The molecule has 0 amide bonds. The number of phenolic OH excluding ortho intramolecular Hbond substituents is 4. The van der Waals surface area contributed by atoms with Gasteiger partial charge in [0.1, 0.15) is 12.2 Å². The minimum absolute atomic E-state index is 0.337. The second-order valence-electron chi connectivity index (χ2n) is 7.71. The molecule has 0 saturated carbocycles. The van der Waals surface area contributed by atoms with Gasteiger partial charge in [-0.3, -0.25) is 0 Å². The highest BCUT2D eigenvalue weighted by Gasteiger charge is 2.48. The first-order valence-electron chi connectivity index (χ1n) is 10.5. The van der Waals surface area contributed by atoms with Crippen molar-refractivity contribution in [2.75, 3.05) is 6.61 Å². The van der Waals surface area contributed by atoms with Gasteiger partial charge in [0, 0.05) is 12.2 Å². The topological polar surface area (TPSA) is 203 Å². The van der Waals surface area contributed by atoms with Crippen molar-refractivity contribution < 1.29 is 59.5 Å². The SMILES string of the molecule is O=C(/C=C\c1ccc(O)c(O)c1)O[C@@H]1[C@@H](O)[C@H](OC(=O)/C=C/c2ccc(O)c(O)c2)O[C@H](CO)[C@H]1O. The van der Waals surface area contributed by atoms with Gasteiger partial charge in [0.2, 0.25) is 6.29 Å². The molecule has 12 nitrogen and oxygen atoms in total. The van der Waals surface area contributed by atoms with Crippen molar-refractivity contribution in [3.8, 4) is 23.0 Å². The molecule has 0 bridgehead atoms. The second kappa shape index (κ2) is 11.6. The molecule has 2 aromatic carbocycles. The molecule has 12 heteroatoms. The Hall–Kier alpha value is -4.10. The van der Waals surface area contributed by atoms with Crippen molar-refractivity contribution >= 4 is 24.1 Å². The molecule has 0 unspecified atom stereocenters. The summed E-state index contributed by atoms with van der Waals surface area (Å²) in [7, 11) is 0. The Labute approximate surface area is 204 Å². The van der Waals surface area contributed by atoms with E-state index in [0.717, 1.165) is 12.2 Å². The van der Waals surface area contributed by atoms with Gasteiger partial charge >= 0.3 is 11.9 Å². The third-order valence-electron chi connectivity index (χ3n) is 5.13. The number of aliphatic hydroxyl groups is 3. The Morgan fingerprint density at radius 1 is 0.778 bits per heavy atom. The van der Waals surface area contributed by atoms with Crippen LogP contribution >= 0.6 is 0 Å². The lowest BCUT2D eigenvalue weighted by atomic mass is 9.99. The predicted octanol–water partition coefficient (Wildman–Crippen LogP) is 0.130. The Kier molecular flexibility index (Phi) is 8.51. The number of phenols is 4. The van der Waals surface area contributed by atoms with Crippen LogP contribution in [0.15, 0.2) is 48.6 Å². The molecule has 1 aliphatic rings. The van der Waals surface area contributed by atoms with Crippen molar-refractivity contribution in [2.24, 2.45) is 0 Å². The van der Waals surface area contributed by atoms with Gasteiger partial charge in [-0.25, -0.2) is 9.59 Å². The largest absolute Gasteiger partial charge is 0.504 e. The fourth-order valence-electron chi connectivity index (χ4n) is 3.23. The van der Waals surface area contributed by atoms with Gasteiger partial charge in [0.15, 0.2) is 35.2 Å². The van der Waals surface area contributed by atoms with E-state index in [1.807, 2.05) is 0 Å². The average molecular weight is 504 g/mol. The summed E-state index contributed by atoms with van der Waals surface area (Å²) >= 11 is 0. The normalized spacial score (nSPS) is 24.1. The minimum Gasteiger partial charge on any atom is -0.504 e. The fourth-order valence-corrected chi connectivity index (χ4v) is 3.23. The molecule has 192 valence electrons. The molecule has 0 radical (unpaired) electrons. The fraction of sp³-hybridized carbons (Fsp3) is 0.250. The maximum Gasteiger partial charge on any atom is 0.333 e. The number of aromatic hydroxyl groups is 4. The summed E-state index contributed by atoms with van der Waals surface area (Å²) in [6.07, 6.45) is -3.84. The number of esters is 2. The number of carbonyl (C=O) groups excluding carboxylic acids is 2. The van der Waals surface area contributed by atoms with E-state index in [-0.39, 0.29) is 11.5 Å². The van der Waals surface area contributed by atoms with E-state index < -0.39 is 60.8 Å². The number of rotatable bonds is 7. The molecule has 1 fully saturated rings. The van der Waals surface area contributed by atoms with Gasteiger partial charge in [-0.2, -0.15) is 0 Å². The van der Waals surface area contributed by atoms with Crippen LogP contribution in [0.4, 0.5) is 0 Å².